The summed E-state index contributed by atoms with van der Waals surface area (Å²) < 4.78 is 10.1. The average molecular weight is 212 g/mol. The Kier molecular flexibility index (Phi) is 2.96. The van der Waals surface area contributed by atoms with Crippen LogP contribution in [-0.4, -0.2) is 34.4 Å². The van der Waals surface area contributed by atoms with Crippen molar-refractivity contribution in [2.45, 2.75) is 25.2 Å². The quantitative estimate of drug-likeness (QED) is 0.789. The largest absolute Gasteiger partial charge is 0.481 e. The first-order chi connectivity index (χ1) is 7.25. The predicted octanol–water partition coefficient (Wildman–Crippen LogP) is 0.591. The number of carbonyl (C=O) groups is 1. The fourth-order valence-electron chi connectivity index (χ4n) is 1.59. The molecule has 15 heavy (non-hydrogen) atoms. The van der Waals surface area contributed by atoms with E-state index in [1.165, 1.54) is 0 Å². The molecule has 1 N–H and O–H groups in total. The molecule has 1 aromatic rings. The number of ether oxygens (including phenoxy) is 1. The monoisotopic (exact) mass is 212 g/mol. The van der Waals surface area contributed by atoms with E-state index in [9.17, 15) is 4.79 Å². The van der Waals surface area contributed by atoms with E-state index in [1.54, 1.807) is 0 Å². The van der Waals surface area contributed by atoms with E-state index < -0.39 is 5.97 Å². The summed E-state index contributed by atoms with van der Waals surface area (Å²) in [5.74, 6) is 0.0563. The highest BCUT2D eigenvalue weighted by Gasteiger charge is 2.21. The van der Waals surface area contributed by atoms with Crippen LogP contribution in [0.5, 0.6) is 0 Å². The topological polar surface area (TPSA) is 85.5 Å². The molecule has 1 aliphatic heterocycles. The third-order valence-corrected chi connectivity index (χ3v) is 2.37. The van der Waals surface area contributed by atoms with Gasteiger partial charge >= 0.3 is 5.97 Å². The number of aliphatic carboxylic acids is 1. The van der Waals surface area contributed by atoms with Gasteiger partial charge in [-0.25, -0.2) is 0 Å². The molecule has 0 atom stereocenters. The predicted molar refractivity (Wildman–Crippen MR) is 48.4 cm³/mol. The molecule has 0 saturated carbocycles. The maximum absolute atomic E-state index is 10.4. The zero-order valence-corrected chi connectivity index (χ0v) is 8.18. The number of rotatable bonds is 3. The van der Waals surface area contributed by atoms with Crippen LogP contribution < -0.4 is 0 Å². The minimum absolute atomic E-state index is 0.170. The first kappa shape index (κ1) is 10.1. The minimum Gasteiger partial charge on any atom is -0.481 e. The average Bonchev–Trinajstić information content (AvgIpc) is 2.67. The van der Waals surface area contributed by atoms with Crippen LogP contribution in [0.2, 0.25) is 0 Å². The Morgan fingerprint density at radius 3 is 2.87 bits per heavy atom. The number of hydrogen-bond donors (Lipinski definition) is 1. The van der Waals surface area contributed by atoms with Gasteiger partial charge in [-0.1, -0.05) is 5.16 Å². The smallest absolute Gasteiger partial charge is 0.312 e. The lowest BCUT2D eigenvalue weighted by atomic mass is 10.00. The standard InChI is InChI=1S/C9H12N2O4/c12-8(13)5-7-10-9(11-15-7)6-1-3-14-4-2-6/h6H,1-5H2,(H,12,13). The molecule has 0 radical (unpaired) electrons. The lowest BCUT2D eigenvalue weighted by Gasteiger charge is -2.18. The van der Waals surface area contributed by atoms with Crippen LogP contribution in [0.1, 0.15) is 30.5 Å². The van der Waals surface area contributed by atoms with Gasteiger partial charge in [0.25, 0.3) is 0 Å². The Hall–Kier alpha value is -1.43. The van der Waals surface area contributed by atoms with Crippen molar-refractivity contribution in [3.63, 3.8) is 0 Å². The molecule has 1 aromatic heterocycles. The zero-order valence-electron chi connectivity index (χ0n) is 8.18. The normalized spacial score (nSPS) is 17.9. The van der Waals surface area contributed by atoms with Crippen molar-refractivity contribution in [3.8, 4) is 0 Å². The summed E-state index contributed by atoms with van der Waals surface area (Å²) in [6.45, 7) is 1.40. The molecule has 0 amide bonds. The Bertz CT molecular complexity index is 344. The van der Waals surface area contributed by atoms with E-state index >= 15 is 0 Å². The maximum atomic E-state index is 10.4. The molecule has 6 nitrogen and oxygen atoms in total. The molecule has 82 valence electrons. The molecule has 2 rings (SSSR count). The van der Waals surface area contributed by atoms with Gasteiger partial charge in [-0.2, -0.15) is 4.98 Å². The van der Waals surface area contributed by atoms with Crippen LogP contribution in [0.15, 0.2) is 4.52 Å². The number of hydrogen-bond acceptors (Lipinski definition) is 5. The van der Waals surface area contributed by atoms with Gasteiger partial charge in [-0.3, -0.25) is 4.79 Å². The van der Waals surface area contributed by atoms with E-state index in [4.69, 9.17) is 14.4 Å². The molecular formula is C9H12N2O4. The van der Waals surface area contributed by atoms with Crippen LogP contribution in [0.4, 0.5) is 0 Å². The molecule has 0 spiro atoms. The summed E-state index contributed by atoms with van der Waals surface area (Å²) in [5, 5.41) is 12.3. The Balaban J connectivity index is 2.02. The second kappa shape index (κ2) is 4.39. The van der Waals surface area contributed by atoms with Crippen molar-refractivity contribution in [1.82, 2.24) is 10.1 Å². The summed E-state index contributed by atoms with van der Waals surface area (Å²) in [7, 11) is 0. The number of aromatic nitrogens is 2. The summed E-state index contributed by atoms with van der Waals surface area (Å²) >= 11 is 0. The lowest BCUT2D eigenvalue weighted by Crippen LogP contribution is -2.15. The summed E-state index contributed by atoms with van der Waals surface area (Å²) in [4.78, 5) is 14.5. The van der Waals surface area contributed by atoms with Gasteiger partial charge < -0.3 is 14.4 Å². The van der Waals surface area contributed by atoms with Gasteiger partial charge in [0, 0.05) is 19.1 Å². The van der Waals surface area contributed by atoms with Gasteiger partial charge in [0.05, 0.1) is 0 Å². The van der Waals surface area contributed by atoms with Gasteiger partial charge in [-0.15, -0.1) is 0 Å². The highest BCUT2D eigenvalue weighted by Crippen LogP contribution is 2.24. The molecule has 0 aromatic carbocycles. The number of carboxylic acids is 1. The second-order valence-electron chi connectivity index (χ2n) is 3.50. The SMILES string of the molecule is O=C(O)Cc1nc(C2CCOCC2)no1. The van der Waals surface area contributed by atoms with Crippen molar-refractivity contribution >= 4 is 5.97 Å². The Morgan fingerprint density at radius 1 is 1.47 bits per heavy atom. The fourth-order valence-corrected chi connectivity index (χ4v) is 1.59. The van der Waals surface area contributed by atoms with Crippen LogP contribution >= 0.6 is 0 Å². The molecule has 6 heteroatoms. The molecule has 2 heterocycles. The highest BCUT2D eigenvalue weighted by atomic mass is 16.5. The fraction of sp³-hybridized carbons (Fsp3) is 0.667. The lowest BCUT2D eigenvalue weighted by molar-refractivity contribution is -0.136. The van der Waals surface area contributed by atoms with Gasteiger partial charge in [-0.05, 0) is 12.8 Å². The zero-order chi connectivity index (χ0) is 10.7. The van der Waals surface area contributed by atoms with Crippen LogP contribution in [0.25, 0.3) is 0 Å². The third kappa shape index (κ3) is 2.53. The minimum atomic E-state index is -0.961. The van der Waals surface area contributed by atoms with Gasteiger partial charge in [0.15, 0.2) is 5.82 Å². The van der Waals surface area contributed by atoms with Crippen molar-refractivity contribution in [2.24, 2.45) is 0 Å². The van der Waals surface area contributed by atoms with E-state index in [2.05, 4.69) is 10.1 Å². The third-order valence-electron chi connectivity index (χ3n) is 2.37. The van der Waals surface area contributed by atoms with E-state index in [1.807, 2.05) is 0 Å². The molecule has 1 fully saturated rings. The Labute approximate surface area is 86.2 Å². The van der Waals surface area contributed by atoms with Crippen LogP contribution in [0, 0.1) is 0 Å². The molecule has 0 unspecified atom stereocenters. The maximum Gasteiger partial charge on any atom is 0.312 e. The molecule has 1 aliphatic rings. The van der Waals surface area contributed by atoms with E-state index in [0.717, 1.165) is 12.8 Å². The van der Waals surface area contributed by atoms with Crippen LogP contribution in [0.3, 0.4) is 0 Å². The highest BCUT2D eigenvalue weighted by molar-refractivity contribution is 5.68. The van der Waals surface area contributed by atoms with Crippen molar-refractivity contribution in [3.05, 3.63) is 11.7 Å². The molecule has 0 aliphatic carbocycles. The van der Waals surface area contributed by atoms with Crippen molar-refractivity contribution in [1.29, 1.82) is 0 Å². The summed E-state index contributed by atoms with van der Waals surface area (Å²) in [6.07, 6.45) is 1.52. The number of nitrogens with zero attached hydrogens (tertiary/aromatic N) is 2. The van der Waals surface area contributed by atoms with Gasteiger partial charge in [0.2, 0.25) is 5.89 Å². The molecule has 0 bridgehead atoms. The molecular weight excluding hydrogens is 200 g/mol. The molecule has 1 saturated heterocycles. The summed E-state index contributed by atoms with van der Waals surface area (Å²) in [5.41, 5.74) is 0. The van der Waals surface area contributed by atoms with E-state index in [0.29, 0.717) is 19.0 Å². The first-order valence-electron chi connectivity index (χ1n) is 4.87. The summed E-state index contributed by atoms with van der Waals surface area (Å²) in [6, 6.07) is 0. The van der Waals surface area contributed by atoms with Crippen LogP contribution in [-0.2, 0) is 16.0 Å². The van der Waals surface area contributed by atoms with Crippen molar-refractivity contribution in [2.75, 3.05) is 13.2 Å². The van der Waals surface area contributed by atoms with Gasteiger partial charge in [0.1, 0.15) is 6.42 Å². The van der Waals surface area contributed by atoms with Crippen molar-refractivity contribution < 1.29 is 19.2 Å². The van der Waals surface area contributed by atoms with E-state index in [-0.39, 0.29) is 18.2 Å². The second-order valence-corrected chi connectivity index (χ2v) is 3.50. The number of carboxylic acid groups (broad SMARTS) is 1. The first-order valence-corrected chi connectivity index (χ1v) is 4.87. The Morgan fingerprint density at radius 2 is 2.20 bits per heavy atom.